The summed E-state index contributed by atoms with van der Waals surface area (Å²) in [6.45, 7) is 1.02. The van der Waals surface area contributed by atoms with Gasteiger partial charge < -0.3 is 25.0 Å². The van der Waals surface area contributed by atoms with Crippen LogP contribution < -0.4 is 15.6 Å². The molecule has 2 saturated carbocycles. The molecular formula is C22H29N3O4. The van der Waals surface area contributed by atoms with Crippen molar-refractivity contribution in [1.29, 1.82) is 0 Å². The first-order valence-corrected chi connectivity index (χ1v) is 10.6. The van der Waals surface area contributed by atoms with Gasteiger partial charge in [0.25, 0.3) is 0 Å². The van der Waals surface area contributed by atoms with Crippen molar-refractivity contribution in [1.82, 2.24) is 15.2 Å². The second-order valence-electron chi connectivity index (χ2n) is 8.06. The molecule has 0 aliphatic heterocycles. The van der Waals surface area contributed by atoms with Gasteiger partial charge in [-0.1, -0.05) is 12.8 Å². The predicted molar refractivity (Wildman–Crippen MR) is 111 cm³/mol. The van der Waals surface area contributed by atoms with Crippen LogP contribution in [0.4, 0.5) is 4.79 Å². The molecule has 4 rings (SSSR count). The first kappa shape index (κ1) is 19.8. The van der Waals surface area contributed by atoms with Crippen LogP contribution in [0.25, 0.3) is 10.9 Å². The van der Waals surface area contributed by atoms with Gasteiger partial charge in [-0.2, -0.15) is 0 Å². The van der Waals surface area contributed by atoms with Crippen LogP contribution >= 0.6 is 0 Å². The Kier molecular flexibility index (Phi) is 6.04. The van der Waals surface area contributed by atoms with Gasteiger partial charge in [0.15, 0.2) is 0 Å². The zero-order chi connectivity index (χ0) is 20.2. The highest BCUT2D eigenvalue weighted by molar-refractivity contribution is 5.79. The maximum atomic E-state index is 12.7. The van der Waals surface area contributed by atoms with Gasteiger partial charge >= 0.3 is 6.03 Å². The molecule has 0 radical (unpaired) electrons. The van der Waals surface area contributed by atoms with Gasteiger partial charge in [0.05, 0.1) is 18.8 Å². The third-order valence-corrected chi connectivity index (χ3v) is 5.79. The number of nitrogens with zero attached hydrogens (tertiary/aromatic N) is 1. The molecule has 2 aliphatic rings. The third kappa shape index (κ3) is 4.90. The van der Waals surface area contributed by atoms with Crippen molar-refractivity contribution >= 4 is 16.9 Å². The number of benzene rings is 1. The molecule has 2 atom stereocenters. The normalized spacial score (nSPS) is 21.7. The molecule has 2 aromatic rings. The smallest absolute Gasteiger partial charge is 0.317 e. The molecule has 1 aromatic heterocycles. The molecular weight excluding hydrogens is 370 g/mol. The Labute approximate surface area is 170 Å². The molecule has 2 amide bonds. The zero-order valence-corrected chi connectivity index (χ0v) is 16.6. The average molecular weight is 399 g/mol. The van der Waals surface area contributed by atoms with Gasteiger partial charge in [0.2, 0.25) is 5.56 Å². The van der Waals surface area contributed by atoms with E-state index < -0.39 is 6.10 Å². The monoisotopic (exact) mass is 399 g/mol. The lowest BCUT2D eigenvalue weighted by Gasteiger charge is -2.37. The van der Waals surface area contributed by atoms with E-state index in [1.165, 1.54) is 6.07 Å². The minimum atomic E-state index is -0.402. The number of urea groups is 1. The summed E-state index contributed by atoms with van der Waals surface area (Å²) in [7, 11) is 0. The summed E-state index contributed by atoms with van der Waals surface area (Å²) >= 11 is 0. The topological polar surface area (TPSA) is 94.7 Å². The van der Waals surface area contributed by atoms with Crippen LogP contribution in [0, 0.1) is 0 Å². The molecule has 2 aliphatic carbocycles. The number of aromatic nitrogens is 1. The average Bonchev–Trinajstić information content (AvgIpc) is 3.54. The highest BCUT2D eigenvalue weighted by Gasteiger charge is 2.40. The molecule has 7 nitrogen and oxygen atoms in total. The van der Waals surface area contributed by atoms with Gasteiger partial charge in [-0.05, 0) is 56.4 Å². The number of carbonyl (C=O) groups is 1. The number of pyridine rings is 1. The van der Waals surface area contributed by atoms with E-state index in [9.17, 15) is 14.7 Å². The number of H-pyrrole nitrogens is 1. The fourth-order valence-corrected chi connectivity index (χ4v) is 4.13. The molecule has 3 N–H and O–H groups in total. The van der Waals surface area contributed by atoms with Crippen molar-refractivity contribution < 1.29 is 14.6 Å². The molecule has 0 saturated heterocycles. The van der Waals surface area contributed by atoms with Crippen molar-refractivity contribution in [3.05, 3.63) is 40.7 Å². The maximum Gasteiger partial charge on any atom is 0.317 e. The number of ether oxygens (including phenoxy) is 1. The van der Waals surface area contributed by atoms with Crippen LogP contribution in [0.3, 0.4) is 0 Å². The Hall–Kier alpha value is -2.54. The summed E-state index contributed by atoms with van der Waals surface area (Å²) in [5.41, 5.74) is 0.657. The lowest BCUT2D eigenvalue weighted by molar-refractivity contribution is 0.0333. The molecule has 29 heavy (non-hydrogen) atoms. The van der Waals surface area contributed by atoms with Crippen LogP contribution in [-0.4, -0.2) is 52.4 Å². The Balaban J connectivity index is 1.24. The van der Waals surface area contributed by atoms with Gasteiger partial charge in [-0.3, -0.25) is 4.79 Å². The SMILES string of the molecule is O=C(NCCCOc1ccc2[nH]c(=O)ccc2c1)N(C1CC1)[C@@H]1CCCC[C@H]1O. The number of hydrogen-bond acceptors (Lipinski definition) is 4. The Morgan fingerprint density at radius 3 is 2.79 bits per heavy atom. The van der Waals surface area contributed by atoms with Crippen molar-refractivity contribution in [3.8, 4) is 5.75 Å². The van der Waals surface area contributed by atoms with Crippen LogP contribution in [0.1, 0.15) is 44.9 Å². The molecule has 1 heterocycles. The van der Waals surface area contributed by atoms with Gasteiger partial charge in [0, 0.05) is 29.6 Å². The van der Waals surface area contributed by atoms with Crippen LogP contribution in [-0.2, 0) is 0 Å². The third-order valence-electron chi connectivity index (χ3n) is 5.79. The minimum Gasteiger partial charge on any atom is -0.494 e. The van der Waals surface area contributed by atoms with E-state index >= 15 is 0 Å². The Morgan fingerprint density at radius 2 is 2.00 bits per heavy atom. The van der Waals surface area contributed by atoms with Crippen LogP contribution in [0.15, 0.2) is 35.1 Å². The summed E-state index contributed by atoms with van der Waals surface area (Å²) in [5, 5.41) is 14.2. The quantitative estimate of drug-likeness (QED) is 0.624. The Morgan fingerprint density at radius 1 is 1.17 bits per heavy atom. The fraction of sp³-hybridized carbons (Fsp3) is 0.545. The lowest BCUT2D eigenvalue weighted by Crippen LogP contribution is -2.53. The van der Waals surface area contributed by atoms with E-state index in [0.717, 1.165) is 55.2 Å². The van der Waals surface area contributed by atoms with E-state index in [-0.39, 0.29) is 23.7 Å². The zero-order valence-electron chi connectivity index (χ0n) is 16.6. The first-order chi connectivity index (χ1) is 14.1. The van der Waals surface area contributed by atoms with Crippen molar-refractivity contribution in [3.63, 3.8) is 0 Å². The number of rotatable bonds is 7. The maximum absolute atomic E-state index is 12.7. The number of aliphatic hydroxyl groups is 1. The van der Waals surface area contributed by atoms with Crippen molar-refractivity contribution in [2.75, 3.05) is 13.2 Å². The molecule has 0 bridgehead atoms. The van der Waals surface area contributed by atoms with E-state index in [2.05, 4.69) is 10.3 Å². The highest BCUT2D eigenvalue weighted by Crippen LogP contribution is 2.33. The molecule has 0 unspecified atom stereocenters. The van der Waals surface area contributed by atoms with Crippen LogP contribution in [0.5, 0.6) is 5.75 Å². The summed E-state index contributed by atoms with van der Waals surface area (Å²) in [6.07, 6.45) is 6.16. The molecule has 156 valence electrons. The number of amides is 2. The number of fused-ring (bicyclic) bond motifs is 1. The summed E-state index contributed by atoms with van der Waals surface area (Å²) in [6, 6.07) is 9.00. The minimum absolute atomic E-state index is 0.0449. The van der Waals surface area contributed by atoms with E-state index in [1.54, 1.807) is 6.07 Å². The number of aromatic amines is 1. The van der Waals surface area contributed by atoms with Gasteiger partial charge in [-0.25, -0.2) is 4.79 Å². The number of carbonyl (C=O) groups excluding carboxylic acids is 1. The lowest BCUT2D eigenvalue weighted by atomic mass is 9.91. The largest absolute Gasteiger partial charge is 0.494 e. The first-order valence-electron chi connectivity index (χ1n) is 10.6. The van der Waals surface area contributed by atoms with Crippen molar-refractivity contribution in [2.45, 2.75) is 63.1 Å². The Bertz CT molecular complexity index is 908. The highest BCUT2D eigenvalue weighted by atomic mass is 16.5. The number of aliphatic hydroxyl groups excluding tert-OH is 1. The number of nitrogens with one attached hydrogen (secondary N) is 2. The van der Waals surface area contributed by atoms with Crippen molar-refractivity contribution in [2.24, 2.45) is 0 Å². The summed E-state index contributed by atoms with van der Waals surface area (Å²) < 4.78 is 5.78. The van der Waals surface area contributed by atoms with E-state index in [4.69, 9.17) is 4.74 Å². The number of hydrogen-bond donors (Lipinski definition) is 3. The van der Waals surface area contributed by atoms with Gasteiger partial charge in [-0.15, -0.1) is 0 Å². The molecule has 1 aromatic carbocycles. The molecule has 2 fully saturated rings. The predicted octanol–water partition coefficient (Wildman–Crippen LogP) is 2.77. The van der Waals surface area contributed by atoms with Gasteiger partial charge in [0.1, 0.15) is 5.75 Å². The van der Waals surface area contributed by atoms with Crippen LogP contribution in [0.2, 0.25) is 0 Å². The summed E-state index contributed by atoms with van der Waals surface area (Å²) in [4.78, 5) is 28.7. The standard InChI is InChI=1S/C22H29N3O4/c26-20-5-2-1-4-19(20)25(16-7-8-16)22(28)23-12-3-13-29-17-9-10-18-15(14-17)6-11-21(27)24-18/h6,9-11,14,16,19-20,26H,1-5,7-8,12-13H2,(H,23,28)(H,24,27)/t19-,20-/m1/s1. The second-order valence-corrected chi connectivity index (χ2v) is 8.06. The van der Waals surface area contributed by atoms with E-state index in [1.807, 2.05) is 23.1 Å². The molecule has 7 heteroatoms. The fourth-order valence-electron chi connectivity index (χ4n) is 4.13. The van der Waals surface area contributed by atoms with E-state index in [0.29, 0.717) is 19.6 Å². The molecule has 0 spiro atoms. The second kappa shape index (κ2) is 8.86. The summed E-state index contributed by atoms with van der Waals surface area (Å²) in [5.74, 6) is 0.737.